The van der Waals surface area contributed by atoms with Crippen LogP contribution in [-0.4, -0.2) is 44.1 Å². The smallest absolute Gasteiger partial charge is 0.338 e. The topological polar surface area (TPSA) is 97.6 Å². The molecule has 0 amide bonds. The number of halogens is 2. The summed E-state index contributed by atoms with van der Waals surface area (Å²) in [5.74, 6) is 3.53. The summed E-state index contributed by atoms with van der Waals surface area (Å²) in [5, 5.41) is 0.281. The molecule has 0 spiro atoms. The van der Waals surface area contributed by atoms with Gasteiger partial charge in [-0.2, -0.15) is 0 Å². The monoisotopic (exact) mass is 688 g/mol. The van der Waals surface area contributed by atoms with Gasteiger partial charge in [0.2, 0.25) is 0 Å². The largest absolute Gasteiger partial charge is 0.493 e. The number of aromatic nitrogens is 1. The van der Waals surface area contributed by atoms with E-state index in [0.717, 1.165) is 0 Å². The van der Waals surface area contributed by atoms with Crippen molar-refractivity contribution in [1.82, 2.24) is 4.57 Å². The van der Waals surface area contributed by atoms with Gasteiger partial charge in [0.15, 0.2) is 27.8 Å². The molecule has 4 rings (SSSR count). The number of methoxy groups -OCH3 is 1. The molecule has 12 heteroatoms. The van der Waals surface area contributed by atoms with Gasteiger partial charge < -0.3 is 23.7 Å². The summed E-state index contributed by atoms with van der Waals surface area (Å²) in [5.41, 5.74) is 1.53. The third-order valence-corrected chi connectivity index (χ3v) is 8.27. The molecule has 1 aliphatic rings. The van der Waals surface area contributed by atoms with E-state index in [1.54, 1.807) is 44.2 Å². The molecule has 2 aromatic carbocycles. The van der Waals surface area contributed by atoms with Crippen molar-refractivity contribution in [3.05, 3.63) is 75.8 Å². The van der Waals surface area contributed by atoms with Gasteiger partial charge in [-0.1, -0.05) is 44.8 Å². The minimum absolute atomic E-state index is 0.0196. The van der Waals surface area contributed by atoms with Crippen molar-refractivity contribution in [3.63, 3.8) is 0 Å². The van der Waals surface area contributed by atoms with Crippen molar-refractivity contribution in [2.24, 2.45) is 4.99 Å². The summed E-state index contributed by atoms with van der Waals surface area (Å²) in [6, 6.07) is 6.03. The molecule has 9 nitrogen and oxygen atoms in total. The van der Waals surface area contributed by atoms with Crippen LogP contribution in [0.3, 0.4) is 0 Å². The van der Waals surface area contributed by atoms with E-state index < -0.39 is 12.0 Å². The maximum atomic E-state index is 14.1. The Hall–Kier alpha value is -3.72. The molecule has 0 radical (unpaired) electrons. The number of thiazole rings is 1. The summed E-state index contributed by atoms with van der Waals surface area (Å²) in [6.07, 6.45) is 7.04. The summed E-state index contributed by atoms with van der Waals surface area (Å²) in [6.45, 7) is 8.11. The maximum Gasteiger partial charge on any atom is 0.338 e. The fourth-order valence-corrected chi connectivity index (χ4v) is 6.47. The number of carbonyl (C=O) groups excluding carboxylic acids is 1. The molecule has 43 heavy (non-hydrogen) atoms. The van der Waals surface area contributed by atoms with E-state index in [1.165, 1.54) is 23.0 Å². The first kappa shape index (κ1) is 32.2. The second-order valence-electron chi connectivity index (χ2n) is 9.02. The third kappa shape index (κ3) is 6.61. The fourth-order valence-electron chi connectivity index (χ4n) is 4.61. The number of rotatable bonds is 11. The van der Waals surface area contributed by atoms with Gasteiger partial charge >= 0.3 is 5.97 Å². The second-order valence-corrected chi connectivity index (χ2v) is 11.3. The van der Waals surface area contributed by atoms with E-state index in [1.807, 2.05) is 13.8 Å². The van der Waals surface area contributed by atoms with Crippen LogP contribution >= 0.6 is 38.9 Å². The van der Waals surface area contributed by atoms with Gasteiger partial charge in [-0.3, -0.25) is 9.36 Å². The Balaban J connectivity index is 1.96. The standard InChI is InChI=1S/C31H30BrClN2O7S/c1-7-11-42-28-21(33)12-18(13-24(28)40-9-3)14-25-29(36)35-27(19-15-22(38-6)23(39-8-2)16-20(19)32)26(30(37)41-10-4)17(5)34-31(35)43-25/h1,12-16,27H,8-11H2,2-6H3/b25-14+/t27-/m1/s1. The van der Waals surface area contributed by atoms with Crippen molar-refractivity contribution < 1.29 is 28.5 Å². The van der Waals surface area contributed by atoms with E-state index >= 15 is 0 Å². The van der Waals surface area contributed by atoms with Gasteiger partial charge in [0, 0.05) is 4.47 Å². The Kier molecular flexibility index (Phi) is 10.6. The molecule has 2 heterocycles. The normalized spacial score (nSPS) is 14.5. The molecule has 3 aromatic rings. The lowest BCUT2D eigenvalue weighted by molar-refractivity contribution is -0.139. The summed E-state index contributed by atoms with van der Waals surface area (Å²) >= 11 is 11.3. The summed E-state index contributed by atoms with van der Waals surface area (Å²) in [4.78, 5) is 32.5. The van der Waals surface area contributed by atoms with Crippen LogP contribution in [0.25, 0.3) is 6.08 Å². The highest BCUT2D eigenvalue weighted by molar-refractivity contribution is 9.10. The number of ether oxygens (including phenoxy) is 5. The van der Waals surface area contributed by atoms with Gasteiger partial charge in [-0.05, 0) is 69.2 Å². The Bertz CT molecular complexity index is 1810. The van der Waals surface area contributed by atoms with Crippen molar-refractivity contribution >= 4 is 50.9 Å². The van der Waals surface area contributed by atoms with E-state index in [9.17, 15) is 9.59 Å². The quantitative estimate of drug-likeness (QED) is 0.206. The molecule has 0 saturated heterocycles. The molecule has 0 unspecified atom stereocenters. The highest BCUT2D eigenvalue weighted by atomic mass is 79.9. The Morgan fingerprint density at radius 1 is 1.12 bits per heavy atom. The van der Waals surface area contributed by atoms with Crippen LogP contribution in [0.1, 0.15) is 44.9 Å². The Labute approximate surface area is 266 Å². The predicted octanol–water partition coefficient (Wildman–Crippen LogP) is 5.03. The first-order valence-corrected chi connectivity index (χ1v) is 15.4. The summed E-state index contributed by atoms with van der Waals surface area (Å²) in [7, 11) is 1.53. The van der Waals surface area contributed by atoms with Gasteiger partial charge in [0.25, 0.3) is 5.56 Å². The van der Waals surface area contributed by atoms with E-state index in [-0.39, 0.29) is 29.4 Å². The van der Waals surface area contributed by atoms with Gasteiger partial charge in [-0.25, -0.2) is 9.79 Å². The molecule has 0 fully saturated rings. The molecular formula is C31H30BrClN2O7S. The van der Waals surface area contributed by atoms with Crippen molar-refractivity contribution in [3.8, 4) is 35.3 Å². The van der Waals surface area contributed by atoms with Crippen LogP contribution in [0, 0.1) is 12.3 Å². The Morgan fingerprint density at radius 2 is 1.84 bits per heavy atom. The van der Waals surface area contributed by atoms with Crippen LogP contribution in [-0.2, 0) is 9.53 Å². The molecule has 0 saturated carbocycles. The zero-order valence-corrected chi connectivity index (χ0v) is 27.4. The third-order valence-electron chi connectivity index (χ3n) is 6.32. The van der Waals surface area contributed by atoms with E-state index in [2.05, 4.69) is 26.8 Å². The highest BCUT2D eigenvalue weighted by Crippen LogP contribution is 2.41. The van der Waals surface area contributed by atoms with Crippen LogP contribution < -0.4 is 33.8 Å². The number of hydrogen-bond donors (Lipinski definition) is 0. The Morgan fingerprint density at radius 3 is 2.49 bits per heavy atom. The average Bonchev–Trinajstić information content (AvgIpc) is 3.26. The van der Waals surface area contributed by atoms with Crippen molar-refractivity contribution in [2.75, 3.05) is 33.5 Å². The predicted molar refractivity (Wildman–Crippen MR) is 169 cm³/mol. The van der Waals surface area contributed by atoms with Crippen molar-refractivity contribution in [2.45, 2.75) is 33.7 Å². The minimum atomic E-state index is -0.862. The number of carbonyl (C=O) groups is 1. The molecular weight excluding hydrogens is 660 g/mol. The zero-order valence-electron chi connectivity index (χ0n) is 24.3. The van der Waals surface area contributed by atoms with Crippen LogP contribution in [0.5, 0.6) is 23.0 Å². The SMILES string of the molecule is C#CCOc1c(Cl)cc(/C=c2/sc3n(c2=O)[C@H](c2cc(OC)c(OCC)cc2Br)C(C(=O)OCC)=C(C)N=3)cc1OCC. The fraction of sp³-hybridized carbons (Fsp3) is 0.323. The second kappa shape index (κ2) is 14.2. The first-order valence-electron chi connectivity index (χ1n) is 13.4. The average molecular weight is 690 g/mol. The summed E-state index contributed by atoms with van der Waals surface area (Å²) < 4.78 is 30.5. The van der Waals surface area contributed by atoms with Crippen LogP contribution in [0.2, 0.25) is 5.02 Å². The lowest BCUT2D eigenvalue weighted by Gasteiger charge is -2.26. The van der Waals surface area contributed by atoms with Crippen LogP contribution in [0.4, 0.5) is 0 Å². The lowest BCUT2D eigenvalue weighted by Crippen LogP contribution is -2.40. The van der Waals surface area contributed by atoms with E-state index in [4.69, 9.17) is 41.7 Å². The number of esters is 1. The number of allylic oxidation sites excluding steroid dienone is 1. The zero-order chi connectivity index (χ0) is 31.3. The highest BCUT2D eigenvalue weighted by Gasteiger charge is 2.35. The molecule has 1 atom stereocenters. The number of fused-ring (bicyclic) bond motifs is 1. The van der Waals surface area contributed by atoms with Gasteiger partial charge in [0.1, 0.15) is 6.61 Å². The maximum absolute atomic E-state index is 14.1. The number of terminal acetylenes is 1. The van der Waals surface area contributed by atoms with Gasteiger partial charge in [0.05, 0.1) is 53.8 Å². The van der Waals surface area contributed by atoms with E-state index in [0.29, 0.717) is 66.8 Å². The number of benzene rings is 2. The van der Waals surface area contributed by atoms with Crippen molar-refractivity contribution in [1.29, 1.82) is 0 Å². The minimum Gasteiger partial charge on any atom is -0.493 e. The number of hydrogen-bond acceptors (Lipinski definition) is 9. The molecule has 1 aliphatic heterocycles. The molecule has 0 aliphatic carbocycles. The molecule has 0 N–H and O–H groups in total. The molecule has 226 valence electrons. The first-order chi connectivity index (χ1) is 20.7. The number of nitrogens with zero attached hydrogens (tertiary/aromatic N) is 2. The molecule has 0 bridgehead atoms. The van der Waals surface area contributed by atoms with Gasteiger partial charge in [-0.15, -0.1) is 6.42 Å². The lowest BCUT2D eigenvalue weighted by atomic mass is 9.95. The van der Waals surface area contributed by atoms with Crippen LogP contribution in [0.15, 0.2) is 49.8 Å². The molecule has 1 aromatic heterocycles.